The highest BCUT2D eigenvalue weighted by Gasteiger charge is 2.72. The fraction of sp³-hybridized carbons (Fsp3) is 1.00. The molecule has 0 amide bonds. The highest BCUT2D eigenvalue weighted by atomic mass is 16.6. The van der Waals surface area contributed by atoms with Crippen molar-refractivity contribution in [2.24, 2.45) is 11.8 Å². The van der Waals surface area contributed by atoms with Gasteiger partial charge in [0.25, 0.3) is 0 Å². The van der Waals surface area contributed by atoms with Gasteiger partial charge in [-0.25, -0.2) is 0 Å². The van der Waals surface area contributed by atoms with Gasteiger partial charge in [-0.2, -0.15) is 0 Å². The van der Waals surface area contributed by atoms with E-state index in [9.17, 15) is 0 Å². The lowest BCUT2D eigenvalue weighted by molar-refractivity contribution is -0.151. The quantitative estimate of drug-likeness (QED) is 0.671. The van der Waals surface area contributed by atoms with Crippen molar-refractivity contribution >= 4 is 0 Å². The largest absolute Gasteiger partial charge is 0.378 e. The van der Waals surface area contributed by atoms with Crippen molar-refractivity contribution in [1.82, 2.24) is 0 Å². The molecule has 1 spiro atoms. The summed E-state index contributed by atoms with van der Waals surface area (Å²) in [4.78, 5) is 0. The van der Waals surface area contributed by atoms with E-state index in [0.29, 0.717) is 6.10 Å². The van der Waals surface area contributed by atoms with Gasteiger partial charge in [0.15, 0.2) is 0 Å². The molecule has 4 heteroatoms. The topological polar surface area (TPSA) is 43.5 Å². The van der Waals surface area contributed by atoms with Gasteiger partial charge in [-0.3, -0.25) is 0 Å². The molecule has 0 aromatic carbocycles. The molecule has 0 aromatic rings. The third-order valence-corrected chi connectivity index (χ3v) is 5.95. The third-order valence-electron chi connectivity index (χ3n) is 5.95. The van der Waals surface area contributed by atoms with Crippen LogP contribution in [0.3, 0.4) is 0 Å². The van der Waals surface area contributed by atoms with Crippen molar-refractivity contribution in [1.29, 1.82) is 0 Å². The molecule has 4 nitrogen and oxygen atoms in total. The van der Waals surface area contributed by atoms with Crippen LogP contribution in [-0.4, -0.2) is 49.3 Å². The SMILES string of the molecule is COC1C(OC(C)C)CC[C@]2(CO2)C1[C@@]1(C)O[C@@H]1CCC(C)C. The van der Waals surface area contributed by atoms with E-state index >= 15 is 0 Å². The molecule has 3 rings (SSSR count). The second-order valence-corrected chi connectivity index (χ2v) is 8.55. The highest BCUT2D eigenvalue weighted by Crippen LogP contribution is 2.59. The summed E-state index contributed by atoms with van der Waals surface area (Å²) in [6, 6.07) is 0. The van der Waals surface area contributed by atoms with Gasteiger partial charge in [0.05, 0.1) is 42.5 Å². The van der Waals surface area contributed by atoms with Crippen LogP contribution in [0.5, 0.6) is 0 Å². The van der Waals surface area contributed by atoms with E-state index < -0.39 is 0 Å². The van der Waals surface area contributed by atoms with Crippen LogP contribution in [-0.2, 0) is 18.9 Å². The van der Waals surface area contributed by atoms with Gasteiger partial charge in [-0.15, -0.1) is 0 Å². The molecule has 0 radical (unpaired) electrons. The third kappa shape index (κ3) is 3.33. The second kappa shape index (κ2) is 6.29. The molecule has 3 unspecified atom stereocenters. The van der Waals surface area contributed by atoms with Crippen molar-refractivity contribution in [2.45, 2.75) is 95.9 Å². The Morgan fingerprint density at radius 2 is 1.91 bits per heavy atom. The zero-order valence-electron chi connectivity index (χ0n) is 15.6. The van der Waals surface area contributed by atoms with Crippen molar-refractivity contribution in [3.63, 3.8) is 0 Å². The number of ether oxygens (including phenoxy) is 4. The Morgan fingerprint density at radius 3 is 2.43 bits per heavy atom. The van der Waals surface area contributed by atoms with E-state index in [4.69, 9.17) is 18.9 Å². The van der Waals surface area contributed by atoms with E-state index in [1.807, 2.05) is 7.11 Å². The number of rotatable bonds is 7. The van der Waals surface area contributed by atoms with Crippen LogP contribution >= 0.6 is 0 Å². The molecule has 0 aromatic heterocycles. The lowest BCUT2D eigenvalue weighted by Gasteiger charge is -2.43. The van der Waals surface area contributed by atoms with Gasteiger partial charge in [-0.1, -0.05) is 13.8 Å². The minimum Gasteiger partial charge on any atom is -0.378 e. The average Bonchev–Trinajstić information content (AvgIpc) is 3.37. The van der Waals surface area contributed by atoms with E-state index in [2.05, 4.69) is 34.6 Å². The molecule has 23 heavy (non-hydrogen) atoms. The zero-order chi connectivity index (χ0) is 16.8. The van der Waals surface area contributed by atoms with Crippen molar-refractivity contribution in [3.05, 3.63) is 0 Å². The van der Waals surface area contributed by atoms with Crippen LogP contribution in [0.1, 0.15) is 60.3 Å². The van der Waals surface area contributed by atoms with Crippen molar-refractivity contribution in [2.75, 3.05) is 13.7 Å². The maximum atomic E-state index is 6.24. The first-order valence-electron chi connectivity index (χ1n) is 9.32. The number of epoxide rings is 2. The molecule has 3 fully saturated rings. The monoisotopic (exact) mass is 326 g/mol. The van der Waals surface area contributed by atoms with Gasteiger partial charge in [0, 0.05) is 7.11 Å². The Balaban J connectivity index is 1.74. The Morgan fingerprint density at radius 1 is 1.22 bits per heavy atom. The molecule has 0 bridgehead atoms. The summed E-state index contributed by atoms with van der Waals surface area (Å²) >= 11 is 0. The molecule has 3 aliphatic rings. The zero-order valence-corrected chi connectivity index (χ0v) is 15.6. The summed E-state index contributed by atoms with van der Waals surface area (Å²) in [6.45, 7) is 11.9. The van der Waals surface area contributed by atoms with E-state index in [1.165, 1.54) is 6.42 Å². The number of hydrogen-bond acceptors (Lipinski definition) is 4. The Bertz CT molecular complexity index is 418. The minimum absolute atomic E-state index is 0.0289. The number of hydrogen-bond donors (Lipinski definition) is 0. The summed E-state index contributed by atoms with van der Waals surface area (Å²) in [5, 5.41) is 0. The molecule has 134 valence electrons. The van der Waals surface area contributed by atoms with Crippen molar-refractivity contribution < 1.29 is 18.9 Å². The second-order valence-electron chi connectivity index (χ2n) is 8.55. The van der Waals surface area contributed by atoms with E-state index in [1.54, 1.807) is 0 Å². The minimum atomic E-state index is -0.120. The fourth-order valence-corrected chi connectivity index (χ4v) is 4.64. The summed E-state index contributed by atoms with van der Waals surface area (Å²) < 4.78 is 24.3. The molecule has 2 aliphatic heterocycles. The van der Waals surface area contributed by atoms with Gasteiger partial charge in [0.2, 0.25) is 0 Å². The van der Waals surface area contributed by atoms with Gasteiger partial charge in [0.1, 0.15) is 5.60 Å². The molecule has 0 N–H and O–H groups in total. The summed E-state index contributed by atoms with van der Waals surface area (Å²) in [5.74, 6) is 0.992. The molecule has 6 atom stereocenters. The summed E-state index contributed by atoms with van der Waals surface area (Å²) in [7, 11) is 1.81. The lowest BCUT2D eigenvalue weighted by Crippen LogP contribution is -2.55. The van der Waals surface area contributed by atoms with Crippen LogP contribution in [0.4, 0.5) is 0 Å². The van der Waals surface area contributed by atoms with Crippen LogP contribution in [0.2, 0.25) is 0 Å². The van der Waals surface area contributed by atoms with E-state index in [-0.39, 0.29) is 35.4 Å². The smallest absolute Gasteiger partial charge is 0.100 e. The molecule has 1 saturated carbocycles. The highest BCUT2D eigenvalue weighted by molar-refractivity contribution is 5.19. The van der Waals surface area contributed by atoms with Gasteiger partial charge >= 0.3 is 0 Å². The maximum absolute atomic E-state index is 6.24. The van der Waals surface area contributed by atoms with Crippen LogP contribution in [0.15, 0.2) is 0 Å². The standard InChI is InChI=1S/C19H34O4/c1-12(2)7-8-15-18(5,23-15)17-16(20-6)14(22-13(3)4)9-10-19(17)11-21-19/h12-17H,7-11H2,1-6H3/t14?,15-,16?,17?,18+,19+/m1/s1. The first-order chi connectivity index (χ1) is 10.8. The Labute approximate surface area is 141 Å². The predicted molar refractivity (Wildman–Crippen MR) is 89.6 cm³/mol. The van der Waals surface area contributed by atoms with Crippen LogP contribution in [0, 0.1) is 11.8 Å². The van der Waals surface area contributed by atoms with Gasteiger partial charge < -0.3 is 18.9 Å². The number of methoxy groups -OCH3 is 1. The normalized spacial score (nSPS) is 45.9. The average molecular weight is 326 g/mol. The Kier molecular flexibility index (Phi) is 4.83. The summed E-state index contributed by atoms with van der Waals surface area (Å²) in [6.07, 6.45) is 5.18. The van der Waals surface area contributed by atoms with Crippen LogP contribution < -0.4 is 0 Å². The van der Waals surface area contributed by atoms with Gasteiger partial charge in [-0.05, 0) is 52.4 Å². The first-order valence-corrected chi connectivity index (χ1v) is 9.32. The van der Waals surface area contributed by atoms with Crippen LogP contribution in [0.25, 0.3) is 0 Å². The lowest BCUT2D eigenvalue weighted by atomic mass is 9.68. The predicted octanol–water partition coefficient (Wildman–Crippen LogP) is 3.57. The molecule has 2 heterocycles. The summed E-state index contributed by atoms with van der Waals surface area (Å²) in [5.41, 5.74) is -0.149. The molecular weight excluding hydrogens is 292 g/mol. The van der Waals surface area contributed by atoms with E-state index in [0.717, 1.165) is 31.8 Å². The molecular formula is C19H34O4. The maximum Gasteiger partial charge on any atom is 0.100 e. The first kappa shape index (κ1) is 17.7. The van der Waals surface area contributed by atoms with Crippen molar-refractivity contribution in [3.8, 4) is 0 Å². The Hall–Kier alpha value is -0.160. The molecule has 2 saturated heterocycles. The molecule has 1 aliphatic carbocycles. The fourth-order valence-electron chi connectivity index (χ4n) is 4.64.